The standard InChI is InChI=1S/C10H7F6NO3/c11-5-2-7(6(17)1-4(5)8(18)19)20-3-9(12,13)10(14,15)16/h1-2H,3,17H2,(H,18,19). The normalized spacial score (nSPS) is 12.3. The molecule has 0 spiro atoms. The Morgan fingerprint density at radius 2 is 1.80 bits per heavy atom. The molecule has 0 saturated carbocycles. The van der Waals surface area contributed by atoms with Crippen molar-refractivity contribution in [3.63, 3.8) is 0 Å². The molecular formula is C10H7F6NO3. The fourth-order valence-electron chi connectivity index (χ4n) is 1.11. The SMILES string of the molecule is Nc1cc(C(=O)O)c(F)cc1OCC(F)(F)C(F)(F)F. The zero-order valence-corrected chi connectivity index (χ0v) is 9.47. The Balaban J connectivity index is 2.96. The molecule has 0 aliphatic rings. The van der Waals surface area contributed by atoms with Crippen molar-refractivity contribution in [1.82, 2.24) is 0 Å². The summed E-state index contributed by atoms with van der Waals surface area (Å²) in [7, 11) is 0. The molecule has 10 heteroatoms. The lowest BCUT2D eigenvalue weighted by Crippen LogP contribution is -2.41. The lowest BCUT2D eigenvalue weighted by atomic mass is 10.2. The molecule has 0 aromatic heterocycles. The number of carbonyl (C=O) groups is 1. The van der Waals surface area contributed by atoms with Crippen LogP contribution < -0.4 is 10.5 Å². The van der Waals surface area contributed by atoms with Crippen molar-refractivity contribution < 1.29 is 41.0 Å². The van der Waals surface area contributed by atoms with Crippen LogP contribution in [0.4, 0.5) is 32.0 Å². The Kier molecular flexibility index (Phi) is 4.06. The molecule has 0 bridgehead atoms. The van der Waals surface area contributed by atoms with Gasteiger partial charge >= 0.3 is 18.1 Å². The van der Waals surface area contributed by atoms with Crippen LogP contribution in [-0.4, -0.2) is 29.8 Å². The number of carboxylic acids is 1. The van der Waals surface area contributed by atoms with Crippen molar-refractivity contribution in [3.05, 3.63) is 23.5 Å². The van der Waals surface area contributed by atoms with E-state index < -0.39 is 47.5 Å². The van der Waals surface area contributed by atoms with Gasteiger partial charge in [-0.05, 0) is 6.07 Å². The average molecular weight is 303 g/mol. The van der Waals surface area contributed by atoms with Crippen LogP contribution in [0.15, 0.2) is 12.1 Å². The largest absolute Gasteiger partial charge is 0.485 e. The summed E-state index contributed by atoms with van der Waals surface area (Å²) in [6, 6.07) is 0.879. The number of hydrogen-bond acceptors (Lipinski definition) is 3. The Morgan fingerprint density at radius 1 is 1.25 bits per heavy atom. The molecule has 0 heterocycles. The lowest BCUT2D eigenvalue weighted by molar-refractivity contribution is -0.289. The molecule has 1 aromatic carbocycles. The monoisotopic (exact) mass is 303 g/mol. The van der Waals surface area contributed by atoms with E-state index in [4.69, 9.17) is 10.8 Å². The van der Waals surface area contributed by atoms with Crippen molar-refractivity contribution in [2.45, 2.75) is 12.1 Å². The van der Waals surface area contributed by atoms with E-state index in [0.717, 1.165) is 0 Å². The van der Waals surface area contributed by atoms with E-state index in [9.17, 15) is 31.1 Å². The number of nitrogens with two attached hydrogens (primary N) is 1. The van der Waals surface area contributed by atoms with Crippen molar-refractivity contribution in [2.24, 2.45) is 0 Å². The van der Waals surface area contributed by atoms with E-state index in [1.165, 1.54) is 0 Å². The Morgan fingerprint density at radius 3 is 2.25 bits per heavy atom. The third kappa shape index (κ3) is 3.25. The van der Waals surface area contributed by atoms with Crippen LogP contribution in [0.1, 0.15) is 10.4 Å². The van der Waals surface area contributed by atoms with Gasteiger partial charge in [-0.3, -0.25) is 0 Å². The minimum atomic E-state index is -5.83. The molecule has 0 aliphatic heterocycles. The number of nitrogen functional groups attached to an aromatic ring is 1. The maximum atomic E-state index is 13.2. The molecule has 112 valence electrons. The van der Waals surface area contributed by atoms with Gasteiger partial charge in [-0.1, -0.05) is 0 Å². The van der Waals surface area contributed by atoms with E-state index in [0.29, 0.717) is 12.1 Å². The maximum Gasteiger partial charge on any atom is 0.456 e. The summed E-state index contributed by atoms with van der Waals surface area (Å²) in [5.74, 6) is -9.02. The van der Waals surface area contributed by atoms with Crippen molar-refractivity contribution in [2.75, 3.05) is 12.3 Å². The molecule has 0 unspecified atom stereocenters. The quantitative estimate of drug-likeness (QED) is 0.662. The number of benzene rings is 1. The number of anilines is 1. The molecule has 3 N–H and O–H groups in total. The first-order valence-electron chi connectivity index (χ1n) is 4.85. The number of aromatic carboxylic acids is 1. The van der Waals surface area contributed by atoms with Gasteiger partial charge in [0.1, 0.15) is 11.6 Å². The highest BCUT2D eigenvalue weighted by Crippen LogP contribution is 2.36. The predicted molar refractivity (Wildman–Crippen MR) is 54.3 cm³/mol. The van der Waals surface area contributed by atoms with Crippen molar-refractivity contribution in [1.29, 1.82) is 0 Å². The molecule has 0 aliphatic carbocycles. The molecule has 4 nitrogen and oxygen atoms in total. The third-order valence-corrected chi connectivity index (χ3v) is 2.15. The molecule has 1 aromatic rings. The van der Waals surface area contributed by atoms with E-state index in [1.54, 1.807) is 0 Å². The second kappa shape index (κ2) is 5.10. The third-order valence-electron chi connectivity index (χ3n) is 2.15. The van der Waals surface area contributed by atoms with Crippen molar-refractivity contribution in [3.8, 4) is 5.75 Å². The van der Waals surface area contributed by atoms with Crippen LogP contribution in [-0.2, 0) is 0 Å². The van der Waals surface area contributed by atoms with Gasteiger partial charge in [-0.15, -0.1) is 0 Å². The summed E-state index contributed by atoms with van der Waals surface area (Å²) in [6.45, 7) is -2.10. The number of alkyl halides is 5. The van der Waals surface area contributed by atoms with Crippen LogP contribution in [0.5, 0.6) is 5.75 Å². The summed E-state index contributed by atoms with van der Waals surface area (Å²) >= 11 is 0. The van der Waals surface area contributed by atoms with Gasteiger partial charge in [0.15, 0.2) is 6.61 Å². The number of carboxylic acid groups (broad SMARTS) is 1. The lowest BCUT2D eigenvalue weighted by Gasteiger charge is -2.20. The highest BCUT2D eigenvalue weighted by Gasteiger charge is 2.58. The number of hydrogen-bond donors (Lipinski definition) is 2. The van der Waals surface area contributed by atoms with Gasteiger partial charge in [-0.2, -0.15) is 22.0 Å². The van der Waals surface area contributed by atoms with E-state index >= 15 is 0 Å². The predicted octanol–water partition coefficient (Wildman–Crippen LogP) is 2.68. The average Bonchev–Trinajstić information content (AvgIpc) is 2.28. The van der Waals surface area contributed by atoms with Crippen LogP contribution in [0.25, 0.3) is 0 Å². The first-order chi connectivity index (χ1) is 8.95. The zero-order valence-electron chi connectivity index (χ0n) is 9.47. The zero-order chi connectivity index (χ0) is 15.7. The van der Waals surface area contributed by atoms with Gasteiger partial charge in [0, 0.05) is 6.07 Å². The Hall–Kier alpha value is -2.13. The fourth-order valence-corrected chi connectivity index (χ4v) is 1.11. The number of halogens is 6. The molecule has 0 atom stereocenters. The van der Waals surface area contributed by atoms with E-state index in [2.05, 4.69) is 4.74 Å². The van der Waals surface area contributed by atoms with Crippen LogP contribution >= 0.6 is 0 Å². The van der Waals surface area contributed by atoms with Crippen LogP contribution in [0.2, 0.25) is 0 Å². The minimum Gasteiger partial charge on any atom is -0.485 e. The summed E-state index contributed by atoms with van der Waals surface area (Å²) < 4.78 is 78.1. The highest BCUT2D eigenvalue weighted by atomic mass is 19.4. The van der Waals surface area contributed by atoms with E-state index in [-0.39, 0.29) is 0 Å². The first-order valence-corrected chi connectivity index (χ1v) is 4.85. The summed E-state index contributed by atoms with van der Waals surface area (Å²) in [4.78, 5) is 10.5. The van der Waals surface area contributed by atoms with Gasteiger partial charge in [0.2, 0.25) is 0 Å². The highest BCUT2D eigenvalue weighted by molar-refractivity contribution is 5.89. The van der Waals surface area contributed by atoms with Gasteiger partial charge in [-0.25, -0.2) is 9.18 Å². The topological polar surface area (TPSA) is 72.6 Å². The second-order valence-electron chi connectivity index (χ2n) is 3.67. The maximum absolute atomic E-state index is 13.2. The van der Waals surface area contributed by atoms with Gasteiger partial charge in [0.05, 0.1) is 11.3 Å². The minimum absolute atomic E-state index is 0.325. The second-order valence-corrected chi connectivity index (χ2v) is 3.67. The van der Waals surface area contributed by atoms with Crippen LogP contribution in [0.3, 0.4) is 0 Å². The molecular weight excluding hydrogens is 296 g/mol. The molecule has 20 heavy (non-hydrogen) atoms. The first kappa shape index (κ1) is 15.9. The Bertz CT molecular complexity index is 528. The van der Waals surface area contributed by atoms with E-state index in [1.807, 2.05) is 0 Å². The summed E-state index contributed by atoms with van der Waals surface area (Å²) in [5.41, 5.74) is 3.74. The van der Waals surface area contributed by atoms with Crippen molar-refractivity contribution >= 4 is 11.7 Å². The van der Waals surface area contributed by atoms with Gasteiger partial charge in [0.25, 0.3) is 0 Å². The molecule has 0 fully saturated rings. The molecule has 0 amide bonds. The molecule has 0 saturated heterocycles. The number of rotatable bonds is 4. The van der Waals surface area contributed by atoms with Gasteiger partial charge < -0.3 is 15.6 Å². The molecule has 1 rings (SSSR count). The Labute approximate surface area is 107 Å². The smallest absolute Gasteiger partial charge is 0.456 e. The number of ether oxygens (including phenoxy) is 1. The molecule has 0 radical (unpaired) electrons. The fraction of sp³-hybridized carbons (Fsp3) is 0.300. The summed E-state index contributed by atoms with van der Waals surface area (Å²) in [6.07, 6.45) is -5.83. The summed E-state index contributed by atoms with van der Waals surface area (Å²) in [5, 5.41) is 8.54. The van der Waals surface area contributed by atoms with Crippen LogP contribution in [0, 0.1) is 5.82 Å².